The van der Waals surface area contributed by atoms with Gasteiger partial charge in [-0.3, -0.25) is 0 Å². The second-order valence-electron chi connectivity index (χ2n) is 5.61. The van der Waals surface area contributed by atoms with Crippen LogP contribution in [0.15, 0.2) is 0 Å². The van der Waals surface area contributed by atoms with Crippen LogP contribution in [0.2, 0.25) is 0 Å². The summed E-state index contributed by atoms with van der Waals surface area (Å²) in [6, 6.07) is 0.725. The third-order valence-electron chi connectivity index (χ3n) is 3.82. The number of likely N-dealkylation sites (N-methyl/N-ethyl adjacent to an activating group) is 1. The van der Waals surface area contributed by atoms with E-state index >= 15 is 0 Å². The Kier molecular flexibility index (Phi) is 6.37. The molecule has 0 saturated carbocycles. The fraction of sp³-hybridized carbons (Fsp3) is 1.00. The molecule has 96 valence electrons. The van der Waals surface area contributed by atoms with Crippen molar-refractivity contribution in [2.24, 2.45) is 11.8 Å². The normalized spacial score (nSPS) is 27.6. The molecule has 16 heavy (non-hydrogen) atoms. The zero-order chi connectivity index (χ0) is 12.0. The molecule has 1 fully saturated rings. The Balaban J connectivity index is 2.45. The van der Waals surface area contributed by atoms with Gasteiger partial charge in [0, 0.05) is 19.1 Å². The first-order valence-corrected chi connectivity index (χ1v) is 7.13. The number of hydrogen-bond acceptors (Lipinski definition) is 2. The molecule has 1 N–H and O–H groups in total. The van der Waals surface area contributed by atoms with Crippen LogP contribution in [-0.4, -0.2) is 37.1 Å². The third-order valence-corrected chi connectivity index (χ3v) is 3.82. The molecule has 0 aromatic carbocycles. The molecule has 0 aromatic rings. The molecule has 0 radical (unpaired) electrons. The van der Waals surface area contributed by atoms with Crippen LogP contribution in [0.4, 0.5) is 0 Å². The maximum absolute atomic E-state index is 3.63. The first kappa shape index (κ1) is 14.0. The van der Waals surface area contributed by atoms with Crippen LogP contribution >= 0.6 is 0 Å². The van der Waals surface area contributed by atoms with Gasteiger partial charge in [-0.05, 0) is 37.8 Å². The minimum atomic E-state index is 0.725. The highest BCUT2D eigenvalue weighted by Gasteiger charge is 2.27. The van der Waals surface area contributed by atoms with Gasteiger partial charge in [0.25, 0.3) is 0 Å². The third kappa shape index (κ3) is 4.42. The lowest BCUT2D eigenvalue weighted by molar-refractivity contribution is 0.115. The van der Waals surface area contributed by atoms with E-state index in [0.717, 1.165) is 24.4 Å². The second-order valence-corrected chi connectivity index (χ2v) is 5.61. The topological polar surface area (TPSA) is 15.3 Å². The SMILES string of the molecule is CCCCN1CC(NCC)CC(C(C)C)C1. The van der Waals surface area contributed by atoms with E-state index in [1.807, 2.05) is 0 Å². The number of unbranched alkanes of at least 4 members (excludes halogenated alkanes) is 1. The lowest BCUT2D eigenvalue weighted by Gasteiger charge is -2.40. The van der Waals surface area contributed by atoms with Crippen molar-refractivity contribution in [3.05, 3.63) is 0 Å². The number of nitrogens with one attached hydrogen (secondary N) is 1. The molecule has 1 saturated heterocycles. The van der Waals surface area contributed by atoms with Gasteiger partial charge in [0.15, 0.2) is 0 Å². The number of piperidine rings is 1. The Labute approximate surface area is 102 Å². The van der Waals surface area contributed by atoms with Gasteiger partial charge < -0.3 is 10.2 Å². The van der Waals surface area contributed by atoms with Crippen LogP contribution in [0.25, 0.3) is 0 Å². The van der Waals surface area contributed by atoms with E-state index in [1.54, 1.807) is 0 Å². The van der Waals surface area contributed by atoms with Gasteiger partial charge in [0.2, 0.25) is 0 Å². The Morgan fingerprint density at radius 1 is 1.25 bits per heavy atom. The zero-order valence-corrected chi connectivity index (χ0v) is 11.6. The van der Waals surface area contributed by atoms with Crippen molar-refractivity contribution in [1.82, 2.24) is 10.2 Å². The number of hydrogen-bond donors (Lipinski definition) is 1. The average Bonchev–Trinajstić information content (AvgIpc) is 2.26. The molecular formula is C14H30N2. The molecule has 2 nitrogen and oxygen atoms in total. The van der Waals surface area contributed by atoms with E-state index in [4.69, 9.17) is 0 Å². The van der Waals surface area contributed by atoms with Crippen LogP contribution < -0.4 is 5.32 Å². The molecule has 0 aromatic heterocycles. The first-order valence-electron chi connectivity index (χ1n) is 7.13. The fourth-order valence-corrected chi connectivity index (χ4v) is 2.72. The quantitative estimate of drug-likeness (QED) is 0.749. The number of nitrogens with zero attached hydrogens (tertiary/aromatic N) is 1. The van der Waals surface area contributed by atoms with Gasteiger partial charge in [-0.2, -0.15) is 0 Å². The molecule has 0 bridgehead atoms. The van der Waals surface area contributed by atoms with E-state index in [-0.39, 0.29) is 0 Å². The Hall–Kier alpha value is -0.0800. The van der Waals surface area contributed by atoms with Gasteiger partial charge in [0.1, 0.15) is 0 Å². The van der Waals surface area contributed by atoms with Crippen LogP contribution in [0.5, 0.6) is 0 Å². The minimum absolute atomic E-state index is 0.725. The molecule has 0 aliphatic carbocycles. The van der Waals surface area contributed by atoms with E-state index in [9.17, 15) is 0 Å². The fourth-order valence-electron chi connectivity index (χ4n) is 2.72. The lowest BCUT2D eigenvalue weighted by Crippen LogP contribution is -2.50. The molecule has 0 spiro atoms. The van der Waals surface area contributed by atoms with Crippen molar-refractivity contribution >= 4 is 0 Å². The van der Waals surface area contributed by atoms with Gasteiger partial charge in [-0.25, -0.2) is 0 Å². The van der Waals surface area contributed by atoms with Crippen LogP contribution in [0.3, 0.4) is 0 Å². The standard InChI is InChI=1S/C14H30N2/c1-5-7-8-16-10-13(12(3)4)9-14(11-16)15-6-2/h12-15H,5-11H2,1-4H3. The van der Waals surface area contributed by atoms with Crippen molar-refractivity contribution in [1.29, 1.82) is 0 Å². The summed E-state index contributed by atoms with van der Waals surface area (Å²) in [6.07, 6.45) is 4.03. The molecule has 2 atom stereocenters. The summed E-state index contributed by atoms with van der Waals surface area (Å²) in [4.78, 5) is 2.67. The largest absolute Gasteiger partial charge is 0.313 e. The van der Waals surface area contributed by atoms with Crippen molar-refractivity contribution in [2.75, 3.05) is 26.2 Å². The summed E-state index contributed by atoms with van der Waals surface area (Å²) in [5.74, 6) is 1.71. The summed E-state index contributed by atoms with van der Waals surface area (Å²) >= 11 is 0. The van der Waals surface area contributed by atoms with Gasteiger partial charge in [-0.15, -0.1) is 0 Å². The molecule has 2 unspecified atom stereocenters. The van der Waals surface area contributed by atoms with Crippen LogP contribution in [-0.2, 0) is 0 Å². The van der Waals surface area contributed by atoms with Crippen molar-refractivity contribution in [2.45, 2.75) is 53.0 Å². The Morgan fingerprint density at radius 3 is 2.56 bits per heavy atom. The zero-order valence-electron chi connectivity index (χ0n) is 11.6. The first-order chi connectivity index (χ1) is 7.67. The maximum Gasteiger partial charge on any atom is 0.0198 e. The van der Waals surface area contributed by atoms with Crippen molar-refractivity contribution in [3.63, 3.8) is 0 Å². The molecule has 0 amide bonds. The van der Waals surface area contributed by atoms with E-state index in [2.05, 4.69) is 37.9 Å². The van der Waals surface area contributed by atoms with Crippen LogP contribution in [0, 0.1) is 11.8 Å². The molecule has 1 heterocycles. The molecule has 2 heteroatoms. The second kappa shape index (κ2) is 7.29. The molecule has 1 aliphatic rings. The highest BCUT2D eigenvalue weighted by atomic mass is 15.2. The van der Waals surface area contributed by atoms with E-state index < -0.39 is 0 Å². The summed E-state index contributed by atoms with van der Waals surface area (Å²) in [5, 5.41) is 3.63. The predicted molar refractivity (Wildman–Crippen MR) is 71.8 cm³/mol. The van der Waals surface area contributed by atoms with Gasteiger partial charge in [0.05, 0.1) is 0 Å². The minimum Gasteiger partial charge on any atom is -0.313 e. The van der Waals surface area contributed by atoms with Gasteiger partial charge >= 0.3 is 0 Å². The Morgan fingerprint density at radius 2 is 2.00 bits per heavy atom. The lowest BCUT2D eigenvalue weighted by atomic mass is 9.85. The molecule has 1 aliphatic heterocycles. The van der Waals surface area contributed by atoms with E-state index in [1.165, 1.54) is 38.9 Å². The summed E-state index contributed by atoms with van der Waals surface area (Å²) in [7, 11) is 0. The molecule has 1 rings (SSSR count). The van der Waals surface area contributed by atoms with Crippen molar-refractivity contribution < 1.29 is 0 Å². The Bertz CT molecular complexity index is 180. The summed E-state index contributed by atoms with van der Waals surface area (Å²) < 4.78 is 0. The monoisotopic (exact) mass is 226 g/mol. The smallest absolute Gasteiger partial charge is 0.0198 e. The predicted octanol–water partition coefficient (Wildman–Crippen LogP) is 2.74. The van der Waals surface area contributed by atoms with Gasteiger partial charge in [-0.1, -0.05) is 34.1 Å². The van der Waals surface area contributed by atoms with E-state index in [0.29, 0.717) is 0 Å². The number of likely N-dealkylation sites (tertiary alicyclic amines) is 1. The summed E-state index contributed by atoms with van der Waals surface area (Å²) in [5.41, 5.74) is 0. The highest BCUT2D eigenvalue weighted by Crippen LogP contribution is 2.24. The number of rotatable bonds is 6. The molecular weight excluding hydrogens is 196 g/mol. The highest BCUT2D eigenvalue weighted by molar-refractivity contribution is 4.84. The summed E-state index contributed by atoms with van der Waals surface area (Å²) in [6.45, 7) is 14.2. The maximum atomic E-state index is 3.63. The van der Waals surface area contributed by atoms with Crippen molar-refractivity contribution in [3.8, 4) is 0 Å². The van der Waals surface area contributed by atoms with Crippen LogP contribution in [0.1, 0.15) is 47.0 Å². The average molecular weight is 226 g/mol.